The predicted molar refractivity (Wildman–Crippen MR) is 73.1 cm³/mol. The Labute approximate surface area is 115 Å². The van der Waals surface area contributed by atoms with Gasteiger partial charge in [0.15, 0.2) is 0 Å². The van der Waals surface area contributed by atoms with E-state index in [9.17, 15) is 4.79 Å². The summed E-state index contributed by atoms with van der Waals surface area (Å²) in [7, 11) is 0. The van der Waals surface area contributed by atoms with Crippen molar-refractivity contribution < 1.29 is 14.3 Å². The highest BCUT2D eigenvalue weighted by Crippen LogP contribution is 2.19. The summed E-state index contributed by atoms with van der Waals surface area (Å²) in [6.45, 7) is 3.11. The minimum absolute atomic E-state index is 0.0177. The first-order valence-electron chi connectivity index (χ1n) is 7.57. The smallest absolute Gasteiger partial charge is 0.239 e. The minimum Gasteiger partial charge on any atom is -0.378 e. The molecule has 1 atom stereocenters. The van der Waals surface area contributed by atoms with Crippen LogP contribution in [-0.2, 0) is 14.3 Å². The Hall–Kier alpha value is -0.650. The Balaban J connectivity index is 1.54. The summed E-state index contributed by atoms with van der Waals surface area (Å²) in [5.41, 5.74) is 0. The highest BCUT2D eigenvalue weighted by molar-refractivity contribution is 5.81. The van der Waals surface area contributed by atoms with E-state index in [2.05, 4.69) is 10.6 Å². The number of carbonyl (C=O) groups excluding carboxylic acids is 1. The maximum Gasteiger partial charge on any atom is 0.239 e. The number of hydrogen-bond acceptors (Lipinski definition) is 4. The summed E-state index contributed by atoms with van der Waals surface area (Å²) >= 11 is 0. The second-order valence-corrected chi connectivity index (χ2v) is 5.36. The van der Waals surface area contributed by atoms with Gasteiger partial charge in [0.05, 0.1) is 25.9 Å². The lowest BCUT2D eigenvalue weighted by Crippen LogP contribution is -2.51. The number of amides is 1. The van der Waals surface area contributed by atoms with Gasteiger partial charge in [0.25, 0.3) is 0 Å². The molecule has 2 N–H and O–H groups in total. The van der Waals surface area contributed by atoms with Gasteiger partial charge in [0.2, 0.25) is 5.91 Å². The fourth-order valence-electron chi connectivity index (χ4n) is 2.67. The zero-order valence-corrected chi connectivity index (χ0v) is 11.7. The zero-order chi connectivity index (χ0) is 13.3. The van der Waals surface area contributed by atoms with Crippen LogP contribution in [0, 0.1) is 0 Å². The highest BCUT2D eigenvalue weighted by atomic mass is 16.5. The van der Waals surface area contributed by atoms with Crippen molar-refractivity contribution in [2.45, 2.75) is 50.7 Å². The standard InChI is InChI=1S/C14H26N2O3/c17-14(13-11-18-9-7-15-13)16-8-10-19-12-5-3-1-2-4-6-12/h12-13,15H,1-11H2,(H,16,17). The summed E-state index contributed by atoms with van der Waals surface area (Å²) in [4.78, 5) is 11.8. The zero-order valence-electron chi connectivity index (χ0n) is 11.7. The van der Waals surface area contributed by atoms with Crippen LogP contribution >= 0.6 is 0 Å². The van der Waals surface area contributed by atoms with E-state index in [1.54, 1.807) is 0 Å². The second-order valence-electron chi connectivity index (χ2n) is 5.36. The molecule has 5 heteroatoms. The fourth-order valence-corrected chi connectivity index (χ4v) is 2.67. The van der Waals surface area contributed by atoms with Gasteiger partial charge in [-0.3, -0.25) is 4.79 Å². The molecule has 2 rings (SSSR count). The molecule has 1 amide bonds. The van der Waals surface area contributed by atoms with Gasteiger partial charge in [-0.25, -0.2) is 0 Å². The van der Waals surface area contributed by atoms with E-state index in [1.165, 1.54) is 38.5 Å². The van der Waals surface area contributed by atoms with Gasteiger partial charge < -0.3 is 20.1 Å². The molecule has 2 fully saturated rings. The van der Waals surface area contributed by atoms with E-state index in [4.69, 9.17) is 9.47 Å². The van der Waals surface area contributed by atoms with Crippen LogP contribution < -0.4 is 10.6 Å². The van der Waals surface area contributed by atoms with Gasteiger partial charge in [-0.2, -0.15) is 0 Å². The summed E-state index contributed by atoms with van der Waals surface area (Å²) < 4.78 is 11.1. The fraction of sp³-hybridized carbons (Fsp3) is 0.929. The molecule has 0 spiro atoms. The summed E-state index contributed by atoms with van der Waals surface area (Å²) in [5, 5.41) is 6.04. The van der Waals surface area contributed by atoms with Crippen molar-refractivity contribution in [3.8, 4) is 0 Å². The number of carbonyl (C=O) groups is 1. The average molecular weight is 270 g/mol. The van der Waals surface area contributed by atoms with E-state index in [-0.39, 0.29) is 11.9 Å². The molecule has 0 aromatic heterocycles. The molecule has 5 nitrogen and oxygen atoms in total. The highest BCUT2D eigenvalue weighted by Gasteiger charge is 2.20. The molecule has 0 aromatic rings. The van der Waals surface area contributed by atoms with Crippen LogP contribution in [0.5, 0.6) is 0 Å². The van der Waals surface area contributed by atoms with Crippen LogP contribution in [0.15, 0.2) is 0 Å². The molecular weight excluding hydrogens is 244 g/mol. The normalized spacial score (nSPS) is 25.8. The van der Waals surface area contributed by atoms with Crippen molar-refractivity contribution in [1.29, 1.82) is 0 Å². The molecule has 2 aliphatic rings. The quantitative estimate of drug-likeness (QED) is 0.574. The molecule has 110 valence electrons. The van der Waals surface area contributed by atoms with Crippen LogP contribution in [0.2, 0.25) is 0 Å². The summed E-state index contributed by atoms with van der Waals surface area (Å²) in [5.74, 6) is 0.0177. The second kappa shape index (κ2) is 8.51. The number of nitrogens with one attached hydrogen (secondary N) is 2. The molecule has 1 saturated heterocycles. The Bertz CT molecular complexity index is 259. The van der Waals surface area contributed by atoms with E-state index >= 15 is 0 Å². The average Bonchev–Trinajstić information content (AvgIpc) is 2.73. The monoisotopic (exact) mass is 270 g/mol. The van der Waals surface area contributed by atoms with E-state index in [1.807, 2.05) is 0 Å². The first-order valence-corrected chi connectivity index (χ1v) is 7.57. The molecule has 0 radical (unpaired) electrons. The molecule has 1 aliphatic heterocycles. The van der Waals surface area contributed by atoms with E-state index < -0.39 is 0 Å². The van der Waals surface area contributed by atoms with Gasteiger partial charge in [-0.05, 0) is 12.8 Å². The van der Waals surface area contributed by atoms with Crippen molar-refractivity contribution in [2.75, 3.05) is 32.9 Å². The largest absolute Gasteiger partial charge is 0.378 e. The molecule has 0 aromatic carbocycles. The topological polar surface area (TPSA) is 59.6 Å². The van der Waals surface area contributed by atoms with Crippen LogP contribution in [0.3, 0.4) is 0 Å². The lowest BCUT2D eigenvalue weighted by atomic mass is 10.1. The van der Waals surface area contributed by atoms with Crippen molar-refractivity contribution in [2.24, 2.45) is 0 Å². The van der Waals surface area contributed by atoms with Crippen molar-refractivity contribution in [3.05, 3.63) is 0 Å². The predicted octanol–water partition coefficient (Wildman–Crippen LogP) is 0.830. The Morgan fingerprint density at radius 1 is 1.26 bits per heavy atom. The van der Waals surface area contributed by atoms with Crippen molar-refractivity contribution >= 4 is 5.91 Å². The molecule has 1 aliphatic carbocycles. The first-order chi connectivity index (χ1) is 9.36. The maximum atomic E-state index is 11.8. The van der Waals surface area contributed by atoms with Crippen LogP contribution in [0.1, 0.15) is 38.5 Å². The molecule has 19 heavy (non-hydrogen) atoms. The summed E-state index contributed by atoms with van der Waals surface area (Å²) in [6, 6.07) is -0.202. The van der Waals surface area contributed by atoms with Crippen LogP contribution in [-0.4, -0.2) is 51.0 Å². The number of hydrogen-bond donors (Lipinski definition) is 2. The molecule has 1 heterocycles. The molecule has 1 unspecified atom stereocenters. The van der Waals surface area contributed by atoms with Crippen LogP contribution in [0.4, 0.5) is 0 Å². The lowest BCUT2D eigenvalue weighted by molar-refractivity contribution is -0.126. The van der Waals surface area contributed by atoms with Crippen molar-refractivity contribution in [3.63, 3.8) is 0 Å². The third kappa shape index (κ3) is 5.47. The molecular formula is C14H26N2O3. The van der Waals surface area contributed by atoms with E-state index in [0.717, 1.165) is 6.54 Å². The molecule has 1 saturated carbocycles. The number of morpholine rings is 1. The first kappa shape index (κ1) is 14.8. The lowest BCUT2D eigenvalue weighted by Gasteiger charge is -2.23. The Kier molecular flexibility index (Phi) is 6.61. The van der Waals surface area contributed by atoms with Gasteiger partial charge in [-0.1, -0.05) is 25.7 Å². The SMILES string of the molecule is O=C(NCCOC1CCCCCC1)C1COCCN1. The van der Waals surface area contributed by atoms with Gasteiger partial charge in [0.1, 0.15) is 6.04 Å². The number of ether oxygens (including phenoxy) is 2. The van der Waals surface area contributed by atoms with Gasteiger partial charge >= 0.3 is 0 Å². The van der Waals surface area contributed by atoms with Crippen LogP contribution in [0.25, 0.3) is 0 Å². The van der Waals surface area contributed by atoms with E-state index in [0.29, 0.717) is 32.5 Å². The molecule has 0 bridgehead atoms. The Morgan fingerprint density at radius 3 is 2.74 bits per heavy atom. The Morgan fingerprint density at radius 2 is 2.05 bits per heavy atom. The van der Waals surface area contributed by atoms with Gasteiger partial charge in [-0.15, -0.1) is 0 Å². The number of rotatable bonds is 5. The minimum atomic E-state index is -0.202. The van der Waals surface area contributed by atoms with Gasteiger partial charge in [0, 0.05) is 13.1 Å². The van der Waals surface area contributed by atoms with Crippen molar-refractivity contribution in [1.82, 2.24) is 10.6 Å². The third-order valence-electron chi connectivity index (χ3n) is 3.80. The maximum absolute atomic E-state index is 11.8. The summed E-state index contributed by atoms with van der Waals surface area (Å²) in [6.07, 6.45) is 7.97. The third-order valence-corrected chi connectivity index (χ3v) is 3.80.